The van der Waals surface area contributed by atoms with Gasteiger partial charge in [0, 0.05) is 0 Å². The molecule has 0 aliphatic heterocycles. The molecule has 0 atom stereocenters. The van der Waals surface area contributed by atoms with Crippen LogP contribution in [0.2, 0.25) is 0 Å². The first-order valence-electron chi connectivity index (χ1n) is 6.38. The topological polar surface area (TPSA) is 39.4 Å². The standard InChI is InChI=1S/C16H18O3/c1-11(2)14-7-6-13(9-12(14)3)19-10-15(17)16-5-4-8-18-16/h4-9,11H,10H2,1-3H3. The molecule has 19 heavy (non-hydrogen) atoms. The average Bonchev–Trinajstić information content (AvgIpc) is 2.89. The minimum absolute atomic E-state index is 0.00597. The first-order valence-corrected chi connectivity index (χ1v) is 6.38. The molecule has 100 valence electrons. The highest BCUT2D eigenvalue weighted by atomic mass is 16.5. The van der Waals surface area contributed by atoms with Crippen molar-refractivity contribution in [3.63, 3.8) is 0 Å². The Kier molecular flexibility index (Phi) is 4.05. The Hall–Kier alpha value is -2.03. The van der Waals surface area contributed by atoms with E-state index in [1.807, 2.05) is 18.2 Å². The molecule has 0 radical (unpaired) electrons. The van der Waals surface area contributed by atoms with Gasteiger partial charge in [0.05, 0.1) is 6.26 Å². The summed E-state index contributed by atoms with van der Waals surface area (Å²) in [5, 5.41) is 0. The fourth-order valence-corrected chi connectivity index (χ4v) is 2.04. The van der Waals surface area contributed by atoms with Crippen LogP contribution in [0, 0.1) is 6.92 Å². The lowest BCUT2D eigenvalue weighted by Gasteiger charge is -2.11. The van der Waals surface area contributed by atoms with Gasteiger partial charge in [0.2, 0.25) is 5.78 Å². The summed E-state index contributed by atoms with van der Waals surface area (Å²) in [6.07, 6.45) is 1.48. The van der Waals surface area contributed by atoms with Gasteiger partial charge in [-0.15, -0.1) is 0 Å². The monoisotopic (exact) mass is 258 g/mol. The van der Waals surface area contributed by atoms with Gasteiger partial charge in [-0.1, -0.05) is 19.9 Å². The normalized spacial score (nSPS) is 10.7. The van der Waals surface area contributed by atoms with Gasteiger partial charge < -0.3 is 9.15 Å². The third-order valence-corrected chi connectivity index (χ3v) is 3.03. The molecule has 3 heteroatoms. The van der Waals surface area contributed by atoms with Crippen molar-refractivity contribution < 1.29 is 13.9 Å². The zero-order valence-corrected chi connectivity index (χ0v) is 11.5. The van der Waals surface area contributed by atoms with Gasteiger partial charge in [0.25, 0.3) is 0 Å². The number of rotatable bonds is 5. The predicted molar refractivity (Wildman–Crippen MR) is 73.8 cm³/mol. The van der Waals surface area contributed by atoms with E-state index in [1.165, 1.54) is 17.4 Å². The lowest BCUT2D eigenvalue weighted by molar-refractivity contribution is 0.0893. The Morgan fingerprint density at radius 3 is 2.68 bits per heavy atom. The summed E-state index contributed by atoms with van der Waals surface area (Å²) in [5.41, 5.74) is 2.47. The van der Waals surface area contributed by atoms with E-state index in [-0.39, 0.29) is 12.4 Å². The molecule has 0 unspecified atom stereocenters. The summed E-state index contributed by atoms with van der Waals surface area (Å²) in [7, 11) is 0. The van der Waals surface area contributed by atoms with Gasteiger partial charge in [-0.2, -0.15) is 0 Å². The van der Waals surface area contributed by atoms with Gasteiger partial charge in [-0.05, 0) is 48.2 Å². The Bertz CT molecular complexity index is 553. The van der Waals surface area contributed by atoms with Crippen LogP contribution in [0.1, 0.15) is 41.4 Å². The smallest absolute Gasteiger partial charge is 0.235 e. The summed E-state index contributed by atoms with van der Waals surface area (Å²) >= 11 is 0. The lowest BCUT2D eigenvalue weighted by atomic mass is 9.98. The van der Waals surface area contributed by atoms with E-state index in [2.05, 4.69) is 20.8 Å². The van der Waals surface area contributed by atoms with Crippen molar-refractivity contribution in [2.75, 3.05) is 6.61 Å². The quantitative estimate of drug-likeness (QED) is 0.762. The van der Waals surface area contributed by atoms with Crippen LogP contribution in [0.3, 0.4) is 0 Å². The molecule has 0 aliphatic rings. The van der Waals surface area contributed by atoms with E-state index in [4.69, 9.17) is 9.15 Å². The van der Waals surface area contributed by atoms with E-state index in [0.29, 0.717) is 17.4 Å². The van der Waals surface area contributed by atoms with Crippen LogP contribution in [-0.2, 0) is 0 Å². The molecule has 1 heterocycles. The number of carbonyl (C=O) groups is 1. The number of carbonyl (C=O) groups excluding carboxylic acids is 1. The van der Waals surface area contributed by atoms with Gasteiger partial charge >= 0.3 is 0 Å². The molecular weight excluding hydrogens is 240 g/mol. The largest absolute Gasteiger partial charge is 0.485 e. The van der Waals surface area contributed by atoms with E-state index >= 15 is 0 Å². The maximum Gasteiger partial charge on any atom is 0.235 e. The summed E-state index contributed by atoms with van der Waals surface area (Å²) in [6.45, 7) is 6.36. The first kappa shape index (κ1) is 13.4. The van der Waals surface area contributed by atoms with Crippen molar-refractivity contribution in [3.8, 4) is 5.75 Å². The van der Waals surface area contributed by atoms with Gasteiger partial charge in [0.15, 0.2) is 12.4 Å². The molecule has 0 saturated carbocycles. The molecule has 0 bridgehead atoms. The first-order chi connectivity index (χ1) is 9.08. The Balaban J connectivity index is 2.00. The Morgan fingerprint density at radius 1 is 1.32 bits per heavy atom. The minimum Gasteiger partial charge on any atom is -0.485 e. The number of hydrogen-bond acceptors (Lipinski definition) is 3. The van der Waals surface area contributed by atoms with E-state index in [1.54, 1.807) is 12.1 Å². The number of hydrogen-bond donors (Lipinski definition) is 0. The second-order valence-corrected chi connectivity index (χ2v) is 4.86. The van der Waals surface area contributed by atoms with Crippen LogP contribution in [-0.4, -0.2) is 12.4 Å². The molecule has 0 spiro atoms. The zero-order chi connectivity index (χ0) is 13.8. The highest BCUT2D eigenvalue weighted by molar-refractivity contribution is 5.94. The number of ether oxygens (including phenoxy) is 1. The van der Waals surface area contributed by atoms with E-state index in [9.17, 15) is 4.79 Å². The molecule has 1 aromatic heterocycles. The van der Waals surface area contributed by atoms with Gasteiger partial charge in [-0.25, -0.2) is 0 Å². The number of Topliss-reactive ketones (excluding diaryl/α,β-unsaturated/α-hetero) is 1. The van der Waals surface area contributed by atoms with Crippen LogP contribution in [0.4, 0.5) is 0 Å². The third kappa shape index (κ3) is 3.25. The van der Waals surface area contributed by atoms with Crippen molar-refractivity contribution in [1.82, 2.24) is 0 Å². The highest BCUT2D eigenvalue weighted by Gasteiger charge is 2.10. The van der Waals surface area contributed by atoms with Crippen molar-refractivity contribution in [1.29, 1.82) is 0 Å². The average molecular weight is 258 g/mol. The molecule has 0 N–H and O–H groups in total. The molecule has 0 saturated heterocycles. The number of benzene rings is 1. The fraction of sp³-hybridized carbons (Fsp3) is 0.312. The van der Waals surface area contributed by atoms with Crippen molar-refractivity contribution in [3.05, 3.63) is 53.5 Å². The molecule has 2 rings (SSSR count). The summed E-state index contributed by atoms with van der Waals surface area (Å²) in [4.78, 5) is 11.7. The molecule has 2 aromatic rings. The predicted octanol–water partition coefficient (Wildman–Crippen LogP) is 3.97. The molecule has 0 fully saturated rings. The van der Waals surface area contributed by atoms with Crippen molar-refractivity contribution in [2.45, 2.75) is 26.7 Å². The van der Waals surface area contributed by atoms with Crippen molar-refractivity contribution >= 4 is 5.78 Å². The van der Waals surface area contributed by atoms with Crippen LogP contribution in [0.25, 0.3) is 0 Å². The lowest BCUT2D eigenvalue weighted by Crippen LogP contribution is -2.10. The minimum atomic E-state index is -0.157. The maximum absolute atomic E-state index is 11.7. The molecular formula is C16H18O3. The van der Waals surface area contributed by atoms with Gasteiger partial charge in [-0.3, -0.25) is 4.79 Å². The SMILES string of the molecule is Cc1cc(OCC(=O)c2ccco2)ccc1C(C)C. The number of ketones is 1. The zero-order valence-electron chi connectivity index (χ0n) is 11.5. The summed E-state index contributed by atoms with van der Waals surface area (Å²) < 4.78 is 10.5. The van der Waals surface area contributed by atoms with E-state index in [0.717, 1.165) is 0 Å². The maximum atomic E-state index is 11.7. The van der Waals surface area contributed by atoms with Crippen LogP contribution in [0.5, 0.6) is 5.75 Å². The second kappa shape index (κ2) is 5.74. The molecule has 0 amide bonds. The van der Waals surface area contributed by atoms with Crippen LogP contribution < -0.4 is 4.74 Å². The van der Waals surface area contributed by atoms with Crippen LogP contribution in [0.15, 0.2) is 41.0 Å². The van der Waals surface area contributed by atoms with Crippen LogP contribution >= 0.6 is 0 Å². The van der Waals surface area contributed by atoms with Gasteiger partial charge in [0.1, 0.15) is 5.75 Å². The molecule has 3 nitrogen and oxygen atoms in total. The second-order valence-electron chi connectivity index (χ2n) is 4.86. The summed E-state index contributed by atoms with van der Waals surface area (Å²) in [5.74, 6) is 1.37. The number of furan rings is 1. The summed E-state index contributed by atoms with van der Waals surface area (Å²) in [6, 6.07) is 9.24. The third-order valence-electron chi connectivity index (χ3n) is 3.03. The highest BCUT2D eigenvalue weighted by Crippen LogP contribution is 2.23. The fourth-order valence-electron chi connectivity index (χ4n) is 2.04. The molecule has 0 aliphatic carbocycles. The number of aryl methyl sites for hydroxylation is 1. The Labute approximate surface area is 113 Å². The Morgan fingerprint density at radius 2 is 2.11 bits per heavy atom. The molecule has 1 aromatic carbocycles. The van der Waals surface area contributed by atoms with E-state index < -0.39 is 0 Å². The van der Waals surface area contributed by atoms with Crippen molar-refractivity contribution in [2.24, 2.45) is 0 Å².